The molecule has 2 fully saturated rings. The van der Waals surface area contributed by atoms with Gasteiger partial charge in [0.1, 0.15) is 0 Å². The van der Waals surface area contributed by atoms with Gasteiger partial charge in [0.2, 0.25) is 0 Å². The van der Waals surface area contributed by atoms with Crippen LogP contribution in [0.2, 0.25) is 0 Å². The van der Waals surface area contributed by atoms with E-state index >= 15 is 0 Å². The van der Waals surface area contributed by atoms with Gasteiger partial charge in [-0.2, -0.15) is 0 Å². The standard InChI is InChI=1S/C17H34Cl2N4/c18-4-1-6-20-10-14-22-8-3-9-23(15-11-20)17-13-21(12-16-22)7-2-5-19/h1-17H2. The van der Waals surface area contributed by atoms with E-state index in [0.717, 1.165) is 37.7 Å². The Morgan fingerprint density at radius 2 is 0.913 bits per heavy atom. The number of fused-ring (bicyclic) bond motifs is 4. The van der Waals surface area contributed by atoms with E-state index in [2.05, 4.69) is 19.6 Å². The highest BCUT2D eigenvalue weighted by molar-refractivity contribution is 6.18. The van der Waals surface area contributed by atoms with Crippen LogP contribution in [0.25, 0.3) is 0 Å². The van der Waals surface area contributed by atoms with Crippen molar-refractivity contribution in [2.24, 2.45) is 0 Å². The molecule has 23 heavy (non-hydrogen) atoms. The van der Waals surface area contributed by atoms with Gasteiger partial charge in [-0.3, -0.25) is 0 Å². The molecule has 0 spiro atoms. The van der Waals surface area contributed by atoms with Crippen molar-refractivity contribution in [1.82, 2.24) is 19.6 Å². The predicted octanol–water partition coefficient (Wildman–Crippen LogP) is 1.87. The van der Waals surface area contributed by atoms with Gasteiger partial charge in [0.05, 0.1) is 0 Å². The molecule has 0 aliphatic carbocycles. The maximum atomic E-state index is 5.89. The lowest BCUT2D eigenvalue weighted by Crippen LogP contribution is -2.48. The Hall–Kier alpha value is 0.420. The van der Waals surface area contributed by atoms with Crippen molar-refractivity contribution < 1.29 is 0 Å². The van der Waals surface area contributed by atoms with Gasteiger partial charge in [0.15, 0.2) is 0 Å². The van der Waals surface area contributed by atoms with Gasteiger partial charge in [-0.05, 0) is 45.4 Å². The minimum Gasteiger partial charge on any atom is -0.301 e. The zero-order chi connectivity index (χ0) is 16.3. The minimum absolute atomic E-state index is 0.777. The van der Waals surface area contributed by atoms with Crippen LogP contribution in [-0.2, 0) is 0 Å². The summed E-state index contributed by atoms with van der Waals surface area (Å²) in [6.45, 7) is 14.3. The first kappa shape index (κ1) is 19.7. The van der Waals surface area contributed by atoms with E-state index in [1.54, 1.807) is 0 Å². The first-order chi connectivity index (χ1) is 11.3. The Morgan fingerprint density at radius 3 is 1.26 bits per heavy atom. The van der Waals surface area contributed by atoms with Gasteiger partial charge >= 0.3 is 0 Å². The van der Waals surface area contributed by atoms with Crippen molar-refractivity contribution in [1.29, 1.82) is 0 Å². The molecule has 2 heterocycles. The molecule has 2 aliphatic heterocycles. The van der Waals surface area contributed by atoms with Crippen LogP contribution in [0.5, 0.6) is 0 Å². The minimum atomic E-state index is 0.777. The first-order valence-corrected chi connectivity index (χ1v) is 10.4. The summed E-state index contributed by atoms with van der Waals surface area (Å²) >= 11 is 11.8. The summed E-state index contributed by atoms with van der Waals surface area (Å²) in [5.74, 6) is 1.55. The molecule has 0 radical (unpaired) electrons. The van der Waals surface area contributed by atoms with Crippen molar-refractivity contribution in [3.8, 4) is 0 Å². The zero-order valence-corrected chi connectivity index (χ0v) is 16.1. The lowest BCUT2D eigenvalue weighted by atomic mass is 10.2. The van der Waals surface area contributed by atoms with Gasteiger partial charge < -0.3 is 19.6 Å². The second-order valence-electron chi connectivity index (χ2n) is 6.81. The molecule has 0 amide bonds. The van der Waals surface area contributed by atoms with Gasteiger partial charge in [-0.1, -0.05) is 0 Å². The van der Waals surface area contributed by atoms with Crippen molar-refractivity contribution in [2.45, 2.75) is 19.3 Å². The Balaban J connectivity index is 1.93. The number of alkyl halides is 2. The molecule has 6 heteroatoms. The highest BCUT2D eigenvalue weighted by atomic mass is 35.5. The number of rotatable bonds is 6. The van der Waals surface area contributed by atoms with E-state index in [0.29, 0.717) is 0 Å². The topological polar surface area (TPSA) is 13.0 Å². The van der Waals surface area contributed by atoms with Crippen molar-refractivity contribution in [3.63, 3.8) is 0 Å². The fourth-order valence-corrected chi connectivity index (χ4v) is 3.80. The molecule has 0 aromatic rings. The maximum absolute atomic E-state index is 5.89. The van der Waals surface area contributed by atoms with Gasteiger partial charge in [0, 0.05) is 64.1 Å². The van der Waals surface area contributed by atoms with Crippen LogP contribution in [0.15, 0.2) is 0 Å². The molecule has 0 aromatic carbocycles. The smallest absolute Gasteiger partial charge is 0.0235 e. The third kappa shape index (κ3) is 7.89. The number of nitrogens with zero attached hydrogens (tertiary/aromatic N) is 4. The molecule has 136 valence electrons. The molecule has 0 N–H and O–H groups in total. The SMILES string of the molecule is ClCCCN1CCN2CCCN(CC1)CCN(CCCCl)CC2. The van der Waals surface area contributed by atoms with E-state index in [9.17, 15) is 0 Å². The van der Waals surface area contributed by atoms with E-state index in [1.807, 2.05) is 0 Å². The summed E-state index contributed by atoms with van der Waals surface area (Å²) in [4.78, 5) is 10.5. The highest BCUT2D eigenvalue weighted by Crippen LogP contribution is 2.07. The third-order valence-electron chi connectivity index (χ3n) is 5.09. The van der Waals surface area contributed by atoms with E-state index < -0.39 is 0 Å². The van der Waals surface area contributed by atoms with Crippen LogP contribution in [0, 0.1) is 0 Å². The van der Waals surface area contributed by atoms with E-state index in [-0.39, 0.29) is 0 Å². The van der Waals surface area contributed by atoms with Crippen LogP contribution in [-0.4, -0.2) is 110 Å². The normalized spacial score (nSPS) is 29.0. The van der Waals surface area contributed by atoms with Gasteiger partial charge in [-0.25, -0.2) is 0 Å². The maximum Gasteiger partial charge on any atom is 0.0235 e. The average Bonchev–Trinajstić information content (AvgIpc) is 2.58. The second-order valence-corrected chi connectivity index (χ2v) is 7.56. The Morgan fingerprint density at radius 1 is 0.522 bits per heavy atom. The fourth-order valence-electron chi connectivity index (χ4n) is 3.56. The third-order valence-corrected chi connectivity index (χ3v) is 5.63. The average molecular weight is 365 g/mol. The molecular weight excluding hydrogens is 331 g/mol. The molecular formula is C17H34Cl2N4. The van der Waals surface area contributed by atoms with Crippen LogP contribution in [0.1, 0.15) is 19.3 Å². The summed E-state index contributed by atoms with van der Waals surface area (Å²) in [7, 11) is 0. The van der Waals surface area contributed by atoms with Gasteiger partial charge in [0.25, 0.3) is 0 Å². The summed E-state index contributed by atoms with van der Waals surface area (Å²) in [5.41, 5.74) is 0. The van der Waals surface area contributed by atoms with Crippen LogP contribution in [0.3, 0.4) is 0 Å². The van der Waals surface area contributed by atoms with Crippen molar-refractivity contribution >= 4 is 23.2 Å². The fraction of sp³-hybridized carbons (Fsp3) is 1.00. The summed E-state index contributed by atoms with van der Waals surface area (Å²) in [5, 5.41) is 0. The van der Waals surface area contributed by atoms with Crippen LogP contribution in [0.4, 0.5) is 0 Å². The molecule has 0 atom stereocenters. The van der Waals surface area contributed by atoms with E-state index in [4.69, 9.17) is 23.2 Å². The van der Waals surface area contributed by atoms with Crippen molar-refractivity contribution in [2.75, 3.05) is 90.3 Å². The second kappa shape index (κ2) is 11.9. The predicted molar refractivity (Wildman–Crippen MR) is 101 cm³/mol. The number of hydrogen-bond acceptors (Lipinski definition) is 4. The molecule has 0 unspecified atom stereocenters. The Bertz CT molecular complexity index is 262. The highest BCUT2D eigenvalue weighted by Gasteiger charge is 2.18. The van der Waals surface area contributed by atoms with Crippen molar-refractivity contribution in [3.05, 3.63) is 0 Å². The first-order valence-electron chi connectivity index (χ1n) is 9.33. The van der Waals surface area contributed by atoms with Crippen LogP contribution < -0.4 is 0 Å². The Kier molecular flexibility index (Phi) is 10.2. The lowest BCUT2D eigenvalue weighted by molar-refractivity contribution is 0.111. The molecule has 2 saturated heterocycles. The van der Waals surface area contributed by atoms with Gasteiger partial charge in [-0.15, -0.1) is 23.2 Å². The molecule has 2 rings (SSSR count). The molecule has 4 nitrogen and oxygen atoms in total. The number of hydrogen-bond donors (Lipinski definition) is 0. The summed E-state index contributed by atoms with van der Waals surface area (Å²) in [6.07, 6.45) is 3.52. The lowest BCUT2D eigenvalue weighted by Gasteiger charge is -2.36. The molecule has 2 aliphatic rings. The monoisotopic (exact) mass is 364 g/mol. The van der Waals surface area contributed by atoms with Crippen LogP contribution >= 0.6 is 23.2 Å². The molecule has 2 bridgehead atoms. The molecule has 0 aromatic heterocycles. The summed E-state index contributed by atoms with van der Waals surface area (Å²) in [6, 6.07) is 0. The number of halogens is 2. The Labute approximate surface area is 152 Å². The largest absolute Gasteiger partial charge is 0.301 e. The van der Waals surface area contributed by atoms with E-state index in [1.165, 1.54) is 71.9 Å². The summed E-state index contributed by atoms with van der Waals surface area (Å²) < 4.78 is 0. The quantitative estimate of drug-likeness (QED) is 0.667. The molecule has 0 saturated carbocycles. The zero-order valence-electron chi connectivity index (χ0n) is 14.6.